The molecule has 6 nitrogen and oxygen atoms in total. The van der Waals surface area contributed by atoms with Gasteiger partial charge in [-0.2, -0.15) is 0 Å². The highest BCUT2D eigenvalue weighted by molar-refractivity contribution is 9.10. The lowest BCUT2D eigenvalue weighted by Crippen LogP contribution is -2.30. The quantitative estimate of drug-likeness (QED) is 0.371. The van der Waals surface area contributed by atoms with Crippen LogP contribution in [0.1, 0.15) is 27.9 Å². The molecule has 154 valence electrons. The topological polar surface area (TPSA) is 83.9 Å². The van der Waals surface area contributed by atoms with E-state index in [2.05, 4.69) is 15.9 Å². The van der Waals surface area contributed by atoms with Gasteiger partial charge in [0.25, 0.3) is 5.91 Å². The Morgan fingerprint density at radius 1 is 1.10 bits per heavy atom. The second-order valence-corrected chi connectivity index (χ2v) is 8.23. The van der Waals surface area contributed by atoms with Gasteiger partial charge in [-0.1, -0.05) is 28.1 Å². The van der Waals surface area contributed by atoms with Crippen LogP contribution < -0.4 is 4.90 Å². The first kappa shape index (κ1) is 19.4. The first-order chi connectivity index (χ1) is 14.9. The number of benzene rings is 2. The molecule has 2 aromatic heterocycles. The van der Waals surface area contributed by atoms with E-state index in [9.17, 15) is 14.7 Å². The van der Waals surface area contributed by atoms with Gasteiger partial charge in [-0.3, -0.25) is 14.5 Å². The molecule has 1 aliphatic rings. The SMILES string of the molecule is Cc1cccc(N2C(=O)C(O)=C(C(=O)c3cc4cc(Br)ccc4o3)C2c2ccco2)c1. The number of hydrogen-bond donors (Lipinski definition) is 1. The lowest BCUT2D eigenvalue weighted by atomic mass is 9.99. The minimum Gasteiger partial charge on any atom is -0.503 e. The van der Waals surface area contributed by atoms with Gasteiger partial charge in [-0.15, -0.1) is 0 Å². The van der Waals surface area contributed by atoms with Gasteiger partial charge in [0.1, 0.15) is 17.4 Å². The summed E-state index contributed by atoms with van der Waals surface area (Å²) < 4.78 is 12.1. The van der Waals surface area contributed by atoms with Gasteiger partial charge in [0.15, 0.2) is 11.5 Å². The summed E-state index contributed by atoms with van der Waals surface area (Å²) in [6.07, 6.45) is 1.46. The number of carbonyl (C=O) groups is 2. The highest BCUT2D eigenvalue weighted by Gasteiger charge is 2.46. The number of halogens is 1. The monoisotopic (exact) mass is 477 g/mol. The van der Waals surface area contributed by atoms with Gasteiger partial charge in [0.05, 0.1) is 11.8 Å². The van der Waals surface area contributed by atoms with Crippen molar-refractivity contribution in [1.29, 1.82) is 0 Å². The fraction of sp³-hybridized carbons (Fsp3) is 0.0833. The molecular formula is C24H16BrNO5. The smallest absolute Gasteiger partial charge is 0.294 e. The molecule has 0 saturated carbocycles. The third kappa shape index (κ3) is 3.18. The number of nitrogens with zero attached hydrogens (tertiary/aromatic N) is 1. The standard InChI is InChI=1S/C24H16BrNO5/c1-13-4-2-5-16(10-13)26-21(18-6-3-9-30-18)20(23(28)24(26)29)22(27)19-12-14-11-15(25)7-8-17(14)31-19/h2-12,21,28H,1H3. The van der Waals surface area contributed by atoms with Crippen molar-refractivity contribution in [2.45, 2.75) is 13.0 Å². The van der Waals surface area contributed by atoms with Crippen molar-refractivity contribution in [3.8, 4) is 0 Å². The summed E-state index contributed by atoms with van der Waals surface area (Å²) in [6.45, 7) is 1.90. The molecule has 7 heteroatoms. The number of amides is 1. The van der Waals surface area contributed by atoms with Crippen molar-refractivity contribution in [2.75, 3.05) is 4.90 Å². The summed E-state index contributed by atoms with van der Waals surface area (Å²) in [6, 6.07) is 16.7. The molecule has 0 fully saturated rings. The Bertz CT molecular complexity index is 1370. The number of rotatable bonds is 4. The van der Waals surface area contributed by atoms with E-state index in [0.717, 1.165) is 15.4 Å². The Balaban J connectivity index is 1.64. The zero-order chi connectivity index (χ0) is 21.7. The van der Waals surface area contributed by atoms with Crippen LogP contribution in [0, 0.1) is 6.92 Å². The predicted octanol–water partition coefficient (Wildman–Crippen LogP) is 5.88. The summed E-state index contributed by atoms with van der Waals surface area (Å²) in [5, 5.41) is 11.5. The fourth-order valence-corrected chi connectivity index (χ4v) is 4.23. The van der Waals surface area contributed by atoms with E-state index in [-0.39, 0.29) is 11.3 Å². The highest BCUT2D eigenvalue weighted by Crippen LogP contribution is 2.42. The Morgan fingerprint density at radius 3 is 2.68 bits per heavy atom. The van der Waals surface area contributed by atoms with Crippen LogP contribution >= 0.6 is 15.9 Å². The number of aliphatic hydroxyl groups is 1. The molecule has 2 aromatic carbocycles. The highest BCUT2D eigenvalue weighted by atomic mass is 79.9. The van der Waals surface area contributed by atoms with E-state index in [4.69, 9.17) is 8.83 Å². The minimum atomic E-state index is -0.920. The molecule has 0 saturated heterocycles. The average Bonchev–Trinajstić information content (AvgIpc) is 3.46. The number of fused-ring (bicyclic) bond motifs is 1. The Morgan fingerprint density at radius 2 is 1.94 bits per heavy atom. The number of hydrogen-bond acceptors (Lipinski definition) is 5. The maximum atomic E-state index is 13.5. The Kier molecular flexibility index (Phi) is 4.55. The lowest BCUT2D eigenvalue weighted by molar-refractivity contribution is -0.117. The first-order valence-corrected chi connectivity index (χ1v) is 10.3. The third-order valence-electron chi connectivity index (χ3n) is 5.25. The number of carbonyl (C=O) groups excluding carboxylic acids is 2. The Labute approximate surface area is 185 Å². The Hall–Kier alpha value is -3.58. The third-order valence-corrected chi connectivity index (χ3v) is 5.74. The largest absolute Gasteiger partial charge is 0.503 e. The van der Waals surface area contributed by atoms with Crippen molar-refractivity contribution in [2.24, 2.45) is 0 Å². The van der Waals surface area contributed by atoms with Crippen LogP contribution in [0.2, 0.25) is 0 Å². The molecule has 1 atom stereocenters. The fourth-order valence-electron chi connectivity index (χ4n) is 3.86. The number of Topliss-reactive ketones (excluding diaryl/α,β-unsaturated/α-hetero) is 1. The van der Waals surface area contributed by atoms with Gasteiger partial charge in [-0.25, -0.2) is 0 Å². The van der Waals surface area contributed by atoms with Crippen LogP contribution in [0.3, 0.4) is 0 Å². The lowest BCUT2D eigenvalue weighted by Gasteiger charge is -2.25. The summed E-state index contributed by atoms with van der Waals surface area (Å²) in [5.41, 5.74) is 1.93. The zero-order valence-corrected chi connectivity index (χ0v) is 17.9. The van der Waals surface area contributed by atoms with Crippen molar-refractivity contribution >= 4 is 44.3 Å². The first-order valence-electron chi connectivity index (χ1n) is 9.54. The number of aryl methyl sites for hydroxylation is 1. The summed E-state index contributed by atoms with van der Waals surface area (Å²) in [5.74, 6) is -1.47. The van der Waals surface area contributed by atoms with Gasteiger partial charge in [0, 0.05) is 15.5 Å². The molecule has 3 heterocycles. The van der Waals surface area contributed by atoms with Crippen molar-refractivity contribution in [3.05, 3.63) is 99.8 Å². The van der Waals surface area contributed by atoms with Crippen LogP contribution in [-0.2, 0) is 4.79 Å². The number of aliphatic hydroxyl groups excluding tert-OH is 1. The van der Waals surface area contributed by atoms with Gasteiger partial charge >= 0.3 is 0 Å². The number of anilines is 1. The predicted molar refractivity (Wildman–Crippen MR) is 118 cm³/mol. The van der Waals surface area contributed by atoms with Gasteiger partial charge in [0.2, 0.25) is 5.78 Å². The van der Waals surface area contributed by atoms with E-state index in [0.29, 0.717) is 17.0 Å². The van der Waals surface area contributed by atoms with Crippen LogP contribution in [0.15, 0.2) is 91.6 Å². The van der Waals surface area contributed by atoms with E-state index >= 15 is 0 Å². The van der Waals surface area contributed by atoms with E-state index in [1.165, 1.54) is 11.2 Å². The molecule has 4 aromatic rings. The normalized spacial score (nSPS) is 16.5. The van der Waals surface area contributed by atoms with Crippen LogP contribution in [-0.4, -0.2) is 16.8 Å². The molecular weight excluding hydrogens is 462 g/mol. The van der Waals surface area contributed by atoms with Crippen molar-refractivity contribution < 1.29 is 23.5 Å². The second kappa shape index (κ2) is 7.28. The molecule has 1 amide bonds. The van der Waals surface area contributed by atoms with Crippen molar-refractivity contribution in [3.63, 3.8) is 0 Å². The summed E-state index contributed by atoms with van der Waals surface area (Å²) >= 11 is 3.40. The van der Waals surface area contributed by atoms with E-state index in [1.54, 1.807) is 36.4 Å². The maximum absolute atomic E-state index is 13.5. The van der Waals surface area contributed by atoms with Crippen LogP contribution in [0.4, 0.5) is 5.69 Å². The molecule has 0 radical (unpaired) electrons. The summed E-state index contributed by atoms with van der Waals surface area (Å²) in [7, 11) is 0. The molecule has 31 heavy (non-hydrogen) atoms. The summed E-state index contributed by atoms with van der Waals surface area (Å²) in [4.78, 5) is 27.9. The molecule has 5 rings (SSSR count). The maximum Gasteiger partial charge on any atom is 0.294 e. The van der Waals surface area contributed by atoms with Gasteiger partial charge in [-0.05, 0) is 61.0 Å². The average molecular weight is 478 g/mol. The molecule has 0 aliphatic carbocycles. The van der Waals surface area contributed by atoms with E-state index in [1.807, 2.05) is 31.2 Å². The number of furan rings is 2. The zero-order valence-electron chi connectivity index (χ0n) is 16.3. The number of ketones is 1. The van der Waals surface area contributed by atoms with Crippen molar-refractivity contribution in [1.82, 2.24) is 0 Å². The minimum absolute atomic E-state index is 0.0325. The molecule has 1 aliphatic heterocycles. The van der Waals surface area contributed by atoms with Crippen LogP contribution in [0.5, 0.6) is 0 Å². The van der Waals surface area contributed by atoms with Gasteiger partial charge < -0.3 is 13.9 Å². The molecule has 1 N–H and O–H groups in total. The molecule has 1 unspecified atom stereocenters. The molecule has 0 bridgehead atoms. The van der Waals surface area contributed by atoms with E-state index < -0.39 is 23.5 Å². The second-order valence-electron chi connectivity index (χ2n) is 7.32. The molecule has 0 spiro atoms. The van der Waals surface area contributed by atoms with Crippen LogP contribution in [0.25, 0.3) is 11.0 Å².